The van der Waals surface area contributed by atoms with Crippen LogP contribution in [0.4, 0.5) is 0 Å². The zero-order valence-electron chi connectivity index (χ0n) is 14.0. The summed E-state index contributed by atoms with van der Waals surface area (Å²) in [7, 11) is 1.46. The molecule has 0 spiro atoms. The highest BCUT2D eigenvalue weighted by atomic mass is 35.5. The molecule has 134 valence electrons. The molecule has 1 heterocycles. The third-order valence-corrected chi connectivity index (χ3v) is 4.03. The molecule has 0 aliphatic carbocycles. The quantitative estimate of drug-likeness (QED) is 0.690. The fraction of sp³-hybridized carbons (Fsp3) is 0.167. The monoisotopic (exact) mass is 374 g/mol. The Balaban J connectivity index is 2.36. The molecule has 2 aromatic carbocycles. The number of carbonyl (C=O) groups is 1. The van der Waals surface area contributed by atoms with Crippen LogP contribution < -0.4 is 10.2 Å². The van der Waals surface area contributed by atoms with Crippen molar-refractivity contribution in [1.29, 1.82) is 0 Å². The first-order valence-electron chi connectivity index (χ1n) is 7.67. The third kappa shape index (κ3) is 3.26. The van der Waals surface area contributed by atoms with Crippen LogP contribution in [0.2, 0.25) is 5.02 Å². The highest BCUT2D eigenvalue weighted by molar-refractivity contribution is 6.30. The normalized spacial score (nSPS) is 12.1. The zero-order chi connectivity index (χ0) is 18.8. The van der Waals surface area contributed by atoms with E-state index in [0.29, 0.717) is 16.2 Å². The zero-order valence-corrected chi connectivity index (χ0v) is 14.7. The summed E-state index contributed by atoms with van der Waals surface area (Å²) in [5.41, 5.74) is -0.368. The number of benzene rings is 2. The van der Waals surface area contributed by atoms with Gasteiger partial charge in [0.1, 0.15) is 5.75 Å². The Morgan fingerprint density at radius 2 is 1.92 bits per heavy atom. The number of aromatic carboxylic acids is 1. The molecule has 0 saturated carbocycles. The van der Waals surface area contributed by atoms with E-state index >= 15 is 0 Å². The van der Waals surface area contributed by atoms with Gasteiger partial charge in [-0.1, -0.05) is 17.7 Å². The smallest absolute Gasteiger partial charge is 0.360 e. The maximum absolute atomic E-state index is 12.7. The van der Waals surface area contributed by atoms with E-state index in [1.807, 2.05) is 0 Å². The number of hydrogen-bond donors (Lipinski definition) is 1. The molecule has 0 aliphatic heterocycles. The topological polar surface area (TPSA) is 90.7 Å². The van der Waals surface area contributed by atoms with Crippen LogP contribution in [0.15, 0.2) is 47.3 Å². The second-order valence-electron chi connectivity index (χ2n) is 5.44. The van der Waals surface area contributed by atoms with E-state index in [2.05, 4.69) is 5.10 Å². The van der Waals surface area contributed by atoms with Crippen molar-refractivity contribution in [1.82, 2.24) is 9.78 Å². The standard InChI is InChI=1S/C18H15ClN2O5/c1-10(25-2)26-14-5-3-4-13-15(14)17(22)16(18(23)24)20-21(13)12-8-6-11(19)7-9-12/h3-10H,1-2H3,(H,23,24). The maximum Gasteiger partial charge on any atom is 0.360 e. The van der Waals surface area contributed by atoms with Gasteiger partial charge >= 0.3 is 5.97 Å². The molecule has 0 aliphatic rings. The summed E-state index contributed by atoms with van der Waals surface area (Å²) in [4.78, 5) is 24.2. The number of nitrogens with zero attached hydrogens (tertiary/aromatic N) is 2. The molecule has 1 atom stereocenters. The lowest BCUT2D eigenvalue weighted by molar-refractivity contribution is -0.0373. The van der Waals surface area contributed by atoms with Crippen molar-refractivity contribution in [2.45, 2.75) is 13.2 Å². The molecule has 0 fully saturated rings. The summed E-state index contributed by atoms with van der Waals surface area (Å²) in [5, 5.41) is 14.0. The first-order valence-corrected chi connectivity index (χ1v) is 8.05. The number of hydrogen-bond acceptors (Lipinski definition) is 5. The molecule has 0 bridgehead atoms. The molecule has 7 nitrogen and oxygen atoms in total. The fourth-order valence-corrected chi connectivity index (χ4v) is 2.61. The minimum atomic E-state index is -1.42. The van der Waals surface area contributed by atoms with Crippen molar-refractivity contribution >= 4 is 28.5 Å². The van der Waals surface area contributed by atoms with Crippen molar-refractivity contribution in [3.63, 3.8) is 0 Å². The summed E-state index contributed by atoms with van der Waals surface area (Å²) >= 11 is 5.92. The number of rotatable bonds is 5. The van der Waals surface area contributed by atoms with Gasteiger partial charge in [0.25, 0.3) is 0 Å². The molecule has 26 heavy (non-hydrogen) atoms. The van der Waals surface area contributed by atoms with Gasteiger partial charge < -0.3 is 14.6 Å². The van der Waals surface area contributed by atoms with E-state index in [0.717, 1.165) is 0 Å². The molecular formula is C18H15ClN2O5. The Kier molecular flexibility index (Phi) is 4.92. The molecule has 1 unspecified atom stereocenters. The van der Waals surface area contributed by atoms with Crippen LogP contribution in [-0.4, -0.2) is 34.3 Å². The van der Waals surface area contributed by atoms with E-state index in [-0.39, 0.29) is 11.1 Å². The Morgan fingerprint density at radius 3 is 2.54 bits per heavy atom. The van der Waals surface area contributed by atoms with Gasteiger partial charge in [0.15, 0.2) is 6.29 Å². The molecule has 0 saturated heterocycles. The Hall–Kier alpha value is -2.90. The predicted molar refractivity (Wildman–Crippen MR) is 96.4 cm³/mol. The third-order valence-electron chi connectivity index (χ3n) is 3.77. The van der Waals surface area contributed by atoms with Gasteiger partial charge in [0.2, 0.25) is 11.1 Å². The number of ether oxygens (including phenoxy) is 2. The van der Waals surface area contributed by atoms with Crippen molar-refractivity contribution in [2.24, 2.45) is 0 Å². The van der Waals surface area contributed by atoms with Crippen LogP contribution >= 0.6 is 11.6 Å². The highest BCUT2D eigenvalue weighted by Gasteiger charge is 2.21. The fourth-order valence-electron chi connectivity index (χ4n) is 2.49. The second-order valence-corrected chi connectivity index (χ2v) is 5.88. The van der Waals surface area contributed by atoms with Crippen LogP contribution in [-0.2, 0) is 4.74 Å². The second kappa shape index (κ2) is 7.15. The number of aromatic nitrogens is 2. The molecular weight excluding hydrogens is 360 g/mol. The van der Waals surface area contributed by atoms with Gasteiger partial charge in [0.05, 0.1) is 16.6 Å². The van der Waals surface area contributed by atoms with E-state index in [1.54, 1.807) is 49.4 Å². The van der Waals surface area contributed by atoms with Crippen LogP contribution in [0.1, 0.15) is 17.4 Å². The summed E-state index contributed by atoms with van der Waals surface area (Å²) in [6, 6.07) is 11.6. The molecule has 0 amide bonds. The van der Waals surface area contributed by atoms with Crippen LogP contribution in [0.3, 0.4) is 0 Å². The number of carboxylic acids is 1. The lowest BCUT2D eigenvalue weighted by Gasteiger charge is -2.16. The summed E-state index contributed by atoms with van der Waals surface area (Å²) in [6.45, 7) is 1.66. The largest absolute Gasteiger partial charge is 0.476 e. The SMILES string of the molecule is COC(C)Oc1cccc2c1c(=O)c(C(=O)O)nn2-c1ccc(Cl)cc1. The summed E-state index contributed by atoms with van der Waals surface area (Å²) in [6.07, 6.45) is -0.620. The lowest BCUT2D eigenvalue weighted by Crippen LogP contribution is -2.24. The van der Waals surface area contributed by atoms with Gasteiger partial charge in [-0.2, -0.15) is 5.10 Å². The van der Waals surface area contributed by atoms with E-state index in [9.17, 15) is 14.7 Å². The number of halogens is 1. The minimum absolute atomic E-state index is 0.110. The molecule has 3 aromatic rings. The van der Waals surface area contributed by atoms with Gasteiger partial charge in [-0.05, 0) is 43.3 Å². The number of methoxy groups -OCH3 is 1. The van der Waals surface area contributed by atoms with Gasteiger partial charge in [-0.25, -0.2) is 9.48 Å². The molecule has 1 aromatic heterocycles. The Bertz CT molecular complexity index is 1030. The van der Waals surface area contributed by atoms with Crippen molar-refractivity contribution in [3.05, 3.63) is 63.4 Å². The summed E-state index contributed by atoms with van der Waals surface area (Å²) in [5.74, 6) is -1.20. The first kappa shape index (κ1) is 17.9. The predicted octanol–water partition coefficient (Wildman–Crippen LogP) is 3.11. The van der Waals surface area contributed by atoms with Crippen LogP contribution in [0, 0.1) is 0 Å². The van der Waals surface area contributed by atoms with E-state index in [4.69, 9.17) is 21.1 Å². The molecule has 8 heteroatoms. The first-order chi connectivity index (χ1) is 12.4. The summed E-state index contributed by atoms with van der Waals surface area (Å²) < 4.78 is 12.1. The lowest BCUT2D eigenvalue weighted by atomic mass is 10.1. The average Bonchev–Trinajstić information content (AvgIpc) is 2.62. The Labute approximate surface area is 153 Å². The van der Waals surface area contributed by atoms with Gasteiger partial charge in [-0.3, -0.25) is 4.79 Å². The average molecular weight is 375 g/mol. The number of carboxylic acid groups (broad SMARTS) is 1. The van der Waals surface area contributed by atoms with Crippen molar-refractivity contribution < 1.29 is 19.4 Å². The minimum Gasteiger partial charge on any atom is -0.476 e. The molecule has 0 radical (unpaired) electrons. The number of fused-ring (bicyclic) bond motifs is 1. The van der Waals surface area contributed by atoms with Crippen LogP contribution in [0.5, 0.6) is 5.75 Å². The Morgan fingerprint density at radius 1 is 1.23 bits per heavy atom. The molecule has 1 N–H and O–H groups in total. The van der Waals surface area contributed by atoms with Crippen LogP contribution in [0.25, 0.3) is 16.6 Å². The van der Waals surface area contributed by atoms with E-state index in [1.165, 1.54) is 11.8 Å². The van der Waals surface area contributed by atoms with E-state index < -0.39 is 23.4 Å². The van der Waals surface area contributed by atoms with Gasteiger partial charge in [-0.15, -0.1) is 0 Å². The molecule has 3 rings (SSSR count). The highest BCUT2D eigenvalue weighted by Crippen LogP contribution is 2.26. The van der Waals surface area contributed by atoms with Gasteiger partial charge in [0, 0.05) is 12.1 Å². The van der Waals surface area contributed by atoms with Crippen molar-refractivity contribution in [3.8, 4) is 11.4 Å². The van der Waals surface area contributed by atoms with Crippen molar-refractivity contribution in [2.75, 3.05) is 7.11 Å². The maximum atomic E-state index is 12.7.